The van der Waals surface area contributed by atoms with E-state index in [1.54, 1.807) is 24.3 Å². The van der Waals surface area contributed by atoms with Crippen molar-refractivity contribution in [2.75, 3.05) is 5.32 Å². The van der Waals surface area contributed by atoms with Crippen LogP contribution in [0.5, 0.6) is 0 Å². The molecule has 3 rings (SSSR count). The van der Waals surface area contributed by atoms with Gasteiger partial charge in [0.25, 0.3) is 0 Å². The zero-order valence-electron chi connectivity index (χ0n) is 13.9. The van der Waals surface area contributed by atoms with Crippen LogP contribution in [0.15, 0.2) is 59.9 Å². The lowest BCUT2D eigenvalue weighted by Gasteiger charge is -2.12. The molecule has 0 aliphatic heterocycles. The van der Waals surface area contributed by atoms with Crippen molar-refractivity contribution in [2.45, 2.75) is 24.1 Å². The molecule has 1 aromatic heterocycles. The van der Waals surface area contributed by atoms with Crippen LogP contribution in [-0.4, -0.2) is 26.9 Å². The Balaban J connectivity index is 1.71. The largest absolute Gasteiger partial charge is 0.325 e. The topological polar surface area (TPSA) is 72.0 Å². The van der Waals surface area contributed by atoms with Gasteiger partial charge in [0.05, 0.1) is 10.8 Å². The summed E-state index contributed by atoms with van der Waals surface area (Å²) >= 11 is 1.39. The Hall–Kier alpha value is -2.73. The number of benzene rings is 2. The number of Topliss-reactive ketones (excluding diaryl/α,β-unsaturated/α-hetero) is 1. The summed E-state index contributed by atoms with van der Waals surface area (Å²) in [5.41, 5.74) is 2.13. The first-order chi connectivity index (χ1) is 12.0. The standard InChI is InChI=1S/C19H17N3O2S/c1-12(23)14-7-9-15(10-8-14)22-18(24)13(2)25-19-16-5-3-4-6-17(16)20-11-21-19/h3-11,13H,1-2H3,(H,22,24)/t13-/m0/s1. The summed E-state index contributed by atoms with van der Waals surface area (Å²) in [6.45, 7) is 3.35. The number of ketones is 1. The average molecular weight is 351 g/mol. The van der Waals surface area contributed by atoms with Crippen LogP contribution in [0.25, 0.3) is 10.9 Å². The van der Waals surface area contributed by atoms with Crippen LogP contribution in [0.2, 0.25) is 0 Å². The number of hydrogen-bond donors (Lipinski definition) is 1. The molecule has 0 bridgehead atoms. The molecule has 25 heavy (non-hydrogen) atoms. The molecule has 126 valence electrons. The number of nitrogens with zero attached hydrogens (tertiary/aromatic N) is 2. The monoisotopic (exact) mass is 351 g/mol. The predicted molar refractivity (Wildman–Crippen MR) is 99.9 cm³/mol. The number of amides is 1. The van der Waals surface area contributed by atoms with Crippen LogP contribution >= 0.6 is 11.8 Å². The molecule has 0 saturated carbocycles. The molecule has 1 heterocycles. The van der Waals surface area contributed by atoms with Crippen molar-refractivity contribution in [3.8, 4) is 0 Å². The van der Waals surface area contributed by atoms with Crippen molar-refractivity contribution in [2.24, 2.45) is 0 Å². The highest BCUT2D eigenvalue weighted by Gasteiger charge is 2.17. The number of fused-ring (bicyclic) bond motifs is 1. The third-order valence-corrected chi connectivity index (χ3v) is 4.84. The van der Waals surface area contributed by atoms with Crippen LogP contribution in [0.3, 0.4) is 0 Å². The minimum Gasteiger partial charge on any atom is -0.325 e. The summed E-state index contributed by atoms with van der Waals surface area (Å²) < 4.78 is 0. The number of rotatable bonds is 5. The lowest BCUT2D eigenvalue weighted by Crippen LogP contribution is -2.22. The maximum Gasteiger partial charge on any atom is 0.237 e. The Labute approximate surface area is 149 Å². The van der Waals surface area contributed by atoms with Crippen molar-refractivity contribution < 1.29 is 9.59 Å². The van der Waals surface area contributed by atoms with Crippen LogP contribution < -0.4 is 5.32 Å². The van der Waals surface area contributed by atoms with Gasteiger partial charge in [0, 0.05) is 16.6 Å². The minimum absolute atomic E-state index is 0.00237. The molecule has 0 aliphatic carbocycles. The molecule has 1 atom stereocenters. The van der Waals surface area contributed by atoms with Gasteiger partial charge < -0.3 is 5.32 Å². The van der Waals surface area contributed by atoms with E-state index in [0.717, 1.165) is 15.9 Å². The molecule has 1 amide bonds. The molecule has 0 spiro atoms. The Morgan fingerprint density at radius 1 is 1.04 bits per heavy atom. The van der Waals surface area contributed by atoms with Gasteiger partial charge in [0.1, 0.15) is 11.4 Å². The normalized spacial score (nSPS) is 11.9. The van der Waals surface area contributed by atoms with Crippen LogP contribution in [0.4, 0.5) is 5.69 Å². The van der Waals surface area contributed by atoms with Gasteiger partial charge in [-0.05, 0) is 44.2 Å². The highest BCUT2D eigenvalue weighted by molar-refractivity contribution is 8.00. The van der Waals surface area contributed by atoms with Gasteiger partial charge >= 0.3 is 0 Å². The summed E-state index contributed by atoms with van der Waals surface area (Å²) in [6, 6.07) is 14.6. The molecule has 5 nitrogen and oxygen atoms in total. The fourth-order valence-electron chi connectivity index (χ4n) is 2.33. The van der Waals surface area contributed by atoms with E-state index in [1.165, 1.54) is 25.0 Å². The van der Waals surface area contributed by atoms with E-state index in [4.69, 9.17) is 0 Å². The van der Waals surface area contributed by atoms with Gasteiger partial charge in [-0.2, -0.15) is 0 Å². The second kappa shape index (κ2) is 7.44. The molecule has 2 aromatic carbocycles. The number of nitrogens with one attached hydrogen (secondary N) is 1. The smallest absolute Gasteiger partial charge is 0.237 e. The molecular formula is C19H17N3O2S. The van der Waals surface area contributed by atoms with Gasteiger partial charge in [0.15, 0.2) is 5.78 Å². The molecule has 0 aliphatic rings. The van der Waals surface area contributed by atoms with Crippen molar-refractivity contribution >= 4 is 40.0 Å². The van der Waals surface area contributed by atoms with Crippen molar-refractivity contribution in [1.82, 2.24) is 9.97 Å². The summed E-state index contributed by atoms with van der Waals surface area (Å²) in [7, 11) is 0. The SMILES string of the molecule is CC(=O)c1ccc(NC(=O)[C@H](C)Sc2ncnc3ccccc23)cc1. The van der Waals surface area contributed by atoms with Crippen LogP contribution in [-0.2, 0) is 4.79 Å². The molecule has 6 heteroatoms. The fourth-order valence-corrected chi connectivity index (χ4v) is 3.24. The molecule has 1 N–H and O–H groups in total. The first kappa shape index (κ1) is 17.1. The number of anilines is 1. The van der Waals surface area contributed by atoms with E-state index in [0.29, 0.717) is 11.3 Å². The maximum atomic E-state index is 12.4. The first-order valence-electron chi connectivity index (χ1n) is 7.83. The third-order valence-electron chi connectivity index (χ3n) is 3.72. The molecular weight excluding hydrogens is 334 g/mol. The van der Waals surface area contributed by atoms with Crippen LogP contribution in [0, 0.1) is 0 Å². The molecule has 0 saturated heterocycles. The Morgan fingerprint density at radius 2 is 1.76 bits per heavy atom. The summed E-state index contributed by atoms with van der Waals surface area (Å²) in [4.78, 5) is 32.3. The van der Waals surface area contributed by atoms with Gasteiger partial charge in [-0.3, -0.25) is 9.59 Å². The van der Waals surface area contributed by atoms with E-state index >= 15 is 0 Å². The summed E-state index contributed by atoms with van der Waals surface area (Å²) in [5, 5.41) is 4.24. The number of thioether (sulfide) groups is 1. The number of carbonyl (C=O) groups is 2. The lowest BCUT2D eigenvalue weighted by atomic mass is 10.1. The Kier molecular flexibility index (Phi) is 5.09. The number of aromatic nitrogens is 2. The zero-order chi connectivity index (χ0) is 17.8. The zero-order valence-corrected chi connectivity index (χ0v) is 14.7. The summed E-state index contributed by atoms with van der Waals surface area (Å²) in [6.07, 6.45) is 1.51. The van der Waals surface area contributed by atoms with Crippen molar-refractivity contribution in [1.29, 1.82) is 0 Å². The first-order valence-corrected chi connectivity index (χ1v) is 8.71. The van der Waals surface area contributed by atoms with E-state index in [2.05, 4.69) is 15.3 Å². The second-order valence-corrected chi connectivity index (χ2v) is 6.91. The molecule has 0 unspecified atom stereocenters. The predicted octanol–water partition coefficient (Wildman–Crippen LogP) is 3.95. The van der Waals surface area contributed by atoms with Crippen molar-refractivity contribution in [3.05, 3.63) is 60.4 Å². The van der Waals surface area contributed by atoms with Gasteiger partial charge in [-0.1, -0.05) is 30.0 Å². The Bertz CT molecular complexity index is 920. The number of hydrogen-bond acceptors (Lipinski definition) is 5. The highest BCUT2D eigenvalue weighted by atomic mass is 32.2. The number of carbonyl (C=O) groups excluding carboxylic acids is 2. The quantitative estimate of drug-likeness (QED) is 0.428. The average Bonchev–Trinajstić information content (AvgIpc) is 2.62. The fraction of sp³-hybridized carbons (Fsp3) is 0.158. The van der Waals surface area contributed by atoms with E-state index in [1.807, 2.05) is 31.2 Å². The molecule has 0 radical (unpaired) electrons. The van der Waals surface area contributed by atoms with E-state index in [9.17, 15) is 9.59 Å². The van der Waals surface area contributed by atoms with Crippen LogP contribution in [0.1, 0.15) is 24.2 Å². The number of para-hydroxylation sites is 1. The van der Waals surface area contributed by atoms with E-state index in [-0.39, 0.29) is 16.9 Å². The second-order valence-electron chi connectivity index (χ2n) is 5.58. The minimum atomic E-state index is -0.328. The van der Waals surface area contributed by atoms with Gasteiger partial charge in [-0.15, -0.1) is 0 Å². The van der Waals surface area contributed by atoms with E-state index < -0.39 is 0 Å². The summed E-state index contributed by atoms with van der Waals surface area (Å²) in [5.74, 6) is -0.124. The lowest BCUT2D eigenvalue weighted by molar-refractivity contribution is -0.115. The Morgan fingerprint density at radius 3 is 2.48 bits per heavy atom. The highest BCUT2D eigenvalue weighted by Crippen LogP contribution is 2.28. The van der Waals surface area contributed by atoms with Gasteiger partial charge in [-0.25, -0.2) is 9.97 Å². The maximum absolute atomic E-state index is 12.4. The molecule has 3 aromatic rings. The molecule has 0 fully saturated rings. The van der Waals surface area contributed by atoms with Gasteiger partial charge in [0.2, 0.25) is 5.91 Å². The third kappa shape index (κ3) is 4.03. The van der Waals surface area contributed by atoms with Crippen molar-refractivity contribution in [3.63, 3.8) is 0 Å².